The molecule has 1 fully saturated rings. The number of carbonyl (C=O) groups is 2. The maximum Gasteiger partial charge on any atom is 0.318 e. The van der Waals surface area contributed by atoms with Gasteiger partial charge >= 0.3 is 6.03 Å². The van der Waals surface area contributed by atoms with Crippen molar-refractivity contribution in [3.8, 4) is 22.7 Å². The van der Waals surface area contributed by atoms with Gasteiger partial charge in [0.15, 0.2) is 0 Å². The van der Waals surface area contributed by atoms with Gasteiger partial charge in [-0.15, -0.1) is 0 Å². The third kappa shape index (κ3) is 7.26. The number of halogens is 1. The van der Waals surface area contributed by atoms with Crippen LogP contribution in [0.1, 0.15) is 33.6 Å². The minimum absolute atomic E-state index is 0.0937. The molecule has 1 aromatic heterocycles. The Morgan fingerprint density at radius 3 is 2.63 bits per heavy atom. The molecule has 10 heteroatoms. The number of carbonyl (C=O) groups excluding carboxylic acids is 2. The lowest BCUT2D eigenvalue weighted by atomic mass is 10.1. The minimum atomic E-state index is -0.446. The molecule has 0 radical (unpaired) electrons. The second-order valence-corrected chi connectivity index (χ2v) is 10.7. The van der Waals surface area contributed by atoms with E-state index in [2.05, 4.69) is 10.6 Å². The van der Waals surface area contributed by atoms with Crippen LogP contribution in [0.4, 0.5) is 10.7 Å². The van der Waals surface area contributed by atoms with E-state index in [4.69, 9.17) is 26.1 Å². The minimum Gasteiger partial charge on any atom is -0.497 e. The van der Waals surface area contributed by atoms with Crippen molar-refractivity contribution in [2.45, 2.75) is 45.3 Å². The van der Waals surface area contributed by atoms with E-state index >= 15 is 0 Å². The van der Waals surface area contributed by atoms with E-state index in [1.165, 1.54) is 4.90 Å². The highest BCUT2D eigenvalue weighted by atomic mass is 35.5. The van der Waals surface area contributed by atoms with Gasteiger partial charge in [-0.2, -0.15) is 0 Å². The molecule has 2 aromatic carbocycles. The maximum atomic E-state index is 13.3. The Balaban J connectivity index is 1.60. The van der Waals surface area contributed by atoms with Gasteiger partial charge in [-0.05, 0) is 57.9 Å². The fourth-order valence-corrected chi connectivity index (χ4v) is 4.30. The first-order valence-corrected chi connectivity index (χ1v) is 13.0. The molecule has 0 spiro atoms. The van der Waals surface area contributed by atoms with Crippen molar-refractivity contribution in [2.75, 3.05) is 32.1 Å². The number of urea groups is 1. The van der Waals surface area contributed by atoms with E-state index in [1.807, 2.05) is 63.4 Å². The highest BCUT2D eigenvalue weighted by Gasteiger charge is 2.27. The summed E-state index contributed by atoms with van der Waals surface area (Å²) in [7, 11) is 1.60. The zero-order chi connectivity index (χ0) is 27.3. The van der Waals surface area contributed by atoms with Crippen LogP contribution in [0.3, 0.4) is 0 Å². The molecular weight excluding hydrogens is 506 g/mol. The van der Waals surface area contributed by atoms with Crippen molar-refractivity contribution in [1.82, 2.24) is 19.8 Å². The Labute approximate surface area is 228 Å². The number of benzene rings is 2. The van der Waals surface area contributed by atoms with Gasteiger partial charge in [-0.25, -0.2) is 9.78 Å². The Bertz CT molecular complexity index is 1260. The number of rotatable bonds is 8. The van der Waals surface area contributed by atoms with Crippen molar-refractivity contribution in [2.24, 2.45) is 0 Å². The first-order valence-electron chi connectivity index (χ1n) is 12.6. The molecule has 1 saturated heterocycles. The van der Waals surface area contributed by atoms with E-state index < -0.39 is 5.54 Å². The monoisotopic (exact) mass is 539 g/mol. The Hall–Kier alpha value is -3.56. The molecule has 1 atom stereocenters. The van der Waals surface area contributed by atoms with Crippen LogP contribution >= 0.6 is 11.6 Å². The quantitative estimate of drug-likeness (QED) is 0.413. The predicted octanol–water partition coefficient (Wildman–Crippen LogP) is 5.13. The van der Waals surface area contributed by atoms with Crippen LogP contribution < -0.4 is 15.4 Å². The average Bonchev–Trinajstić information content (AvgIpc) is 3.53. The number of imidazole rings is 1. The van der Waals surface area contributed by atoms with Crippen molar-refractivity contribution >= 4 is 29.5 Å². The summed E-state index contributed by atoms with van der Waals surface area (Å²) in [4.78, 5) is 32.5. The summed E-state index contributed by atoms with van der Waals surface area (Å²) < 4.78 is 12.9. The molecule has 0 aliphatic carbocycles. The second-order valence-electron chi connectivity index (χ2n) is 10.3. The molecule has 202 valence electrons. The SMILES string of the molecule is COc1cccc(-n2cc(-c3ccc(Cl)cc3)nc2NC(=O)CN(C[C@H]2CCCO2)C(=O)NC(C)(C)C)c1. The molecule has 0 bridgehead atoms. The summed E-state index contributed by atoms with van der Waals surface area (Å²) in [6, 6.07) is 14.4. The number of methoxy groups -OCH3 is 1. The van der Waals surface area contributed by atoms with Crippen molar-refractivity contribution < 1.29 is 19.1 Å². The lowest BCUT2D eigenvalue weighted by Gasteiger charge is -2.29. The number of nitrogens with zero attached hydrogens (tertiary/aromatic N) is 3. The van der Waals surface area contributed by atoms with Crippen LogP contribution in [0.2, 0.25) is 5.02 Å². The van der Waals surface area contributed by atoms with Crippen LogP contribution in [-0.4, -0.2) is 64.8 Å². The number of anilines is 1. The molecule has 4 rings (SSSR count). The molecule has 9 nitrogen and oxygen atoms in total. The van der Waals surface area contributed by atoms with Gasteiger partial charge in [0.1, 0.15) is 12.3 Å². The standard InChI is InChI=1S/C28H34ClN5O4/c1-28(2,3)32-27(36)33(16-23-9-6-14-38-23)18-25(35)31-26-30-24(19-10-12-20(29)13-11-19)17-34(26)21-7-5-8-22(15-21)37-4/h5,7-8,10-13,15,17,23H,6,9,14,16,18H2,1-4H3,(H,32,36)(H,30,31,35)/t23-/m1/s1. The lowest BCUT2D eigenvalue weighted by molar-refractivity contribution is -0.117. The summed E-state index contributed by atoms with van der Waals surface area (Å²) in [5.41, 5.74) is 1.81. The molecule has 0 saturated carbocycles. The van der Waals surface area contributed by atoms with Gasteiger partial charge in [-0.1, -0.05) is 29.8 Å². The van der Waals surface area contributed by atoms with Crippen molar-refractivity contribution in [3.05, 3.63) is 59.8 Å². The van der Waals surface area contributed by atoms with Gasteiger partial charge in [0.25, 0.3) is 0 Å². The first kappa shape index (κ1) is 27.5. The number of hydrogen-bond acceptors (Lipinski definition) is 5. The summed E-state index contributed by atoms with van der Waals surface area (Å²) in [6.45, 7) is 6.55. The van der Waals surface area contributed by atoms with Crippen LogP contribution in [-0.2, 0) is 9.53 Å². The number of aromatic nitrogens is 2. The van der Waals surface area contributed by atoms with Gasteiger partial charge in [0.05, 0.1) is 24.6 Å². The highest BCUT2D eigenvalue weighted by molar-refractivity contribution is 6.30. The Morgan fingerprint density at radius 2 is 1.97 bits per heavy atom. The third-order valence-corrected chi connectivity index (χ3v) is 6.23. The number of ether oxygens (including phenoxy) is 2. The topological polar surface area (TPSA) is 97.7 Å². The van der Waals surface area contributed by atoms with Gasteiger partial charge < -0.3 is 19.7 Å². The second kappa shape index (κ2) is 11.9. The van der Waals surface area contributed by atoms with E-state index in [1.54, 1.807) is 23.8 Å². The molecule has 3 aromatic rings. The lowest BCUT2D eigenvalue weighted by Crippen LogP contribution is -2.52. The Morgan fingerprint density at radius 1 is 1.21 bits per heavy atom. The van der Waals surface area contributed by atoms with Crippen LogP contribution in [0, 0.1) is 0 Å². The molecular formula is C28H34ClN5O4. The van der Waals surface area contributed by atoms with Crippen LogP contribution in [0.15, 0.2) is 54.7 Å². The highest BCUT2D eigenvalue weighted by Crippen LogP contribution is 2.27. The van der Waals surface area contributed by atoms with Crippen molar-refractivity contribution in [3.63, 3.8) is 0 Å². The maximum absolute atomic E-state index is 13.3. The first-order chi connectivity index (χ1) is 18.1. The number of nitrogens with one attached hydrogen (secondary N) is 2. The normalized spacial score (nSPS) is 15.2. The van der Waals surface area contributed by atoms with E-state index in [0.29, 0.717) is 35.6 Å². The summed E-state index contributed by atoms with van der Waals surface area (Å²) in [5, 5.41) is 6.47. The van der Waals surface area contributed by atoms with Gasteiger partial charge in [0, 0.05) is 41.5 Å². The molecule has 2 N–H and O–H groups in total. The molecule has 0 unspecified atom stereocenters. The smallest absolute Gasteiger partial charge is 0.318 e. The zero-order valence-corrected chi connectivity index (χ0v) is 22.9. The molecule has 3 amide bonds. The van der Waals surface area contributed by atoms with Crippen molar-refractivity contribution in [1.29, 1.82) is 0 Å². The van der Waals surface area contributed by atoms with E-state index in [9.17, 15) is 9.59 Å². The van der Waals surface area contributed by atoms with Gasteiger partial charge in [-0.3, -0.25) is 14.7 Å². The molecule has 1 aliphatic heterocycles. The van der Waals surface area contributed by atoms with Crippen LogP contribution in [0.25, 0.3) is 16.9 Å². The fraction of sp³-hybridized carbons (Fsp3) is 0.393. The summed E-state index contributed by atoms with van der Waals surface area (Å²) >= 11 is 6.07. The number of hydrogen-bond donors (Lipinski definition) is 2. The van der Waals surface area contributed by atoms with E-state index in [-0.39, 0.29) is 24.6 Å². The Kier molecular flexibility index (Phi) is 8.58. The zero-order valence-electron chi connectivity index (χ0n) is 22.2. The number of amides is 3. The summed E-state index contributed by atoms with van der Waals surface area (Å²) in [6.07, 6.45) is 3.54. The van der Waals surface area contributed by atoms with E-state index in [0.717, 1.165) is 24.1 Å². The largest absolute Gasteiger partial charge is 0.497 e. The third-order valence-electron chi connectivity index (χ3n) is 5.98. The average molecular weight is 540 g/mol. The van der Waals surface area contributed by atoms with Crippen LogP contribution in [0.5, 0.6) is 5.75 Å². The molecule has 1 aliphatic rings. The molecule has 38 heavy (non-hydrogen) atoms. The molecule has 2 heterocycles. The van der Waals surface area contributed by atoms with Gasteiger partial charge in [0.2, 0.25) is 11.9 Å². The predicted molar refractivity (Wildman–Crippen MR) is 148 cm³/mol. The fourth-order valence-electron chi connectivity index (χ4n) is 4.18. The summed E-state index contributed by atoms with van der Waals surface area (Å²) in [5.74, 6) is 0.620.